The van der Waals surface area contributed by atoms with Gasteiger partial charge in [0.1, 0.15) is 0 Å². The van der Waals surface area contributed by atoms with Crippen molar-refractivity contribution in [1.29, 1.82) is 0 Å². The van der Waals surface area contributed by atoms with Gasteiger partial charge in [-0.2, -0.15) is 0 Å². The van der Waals surface area contributed by atoms with Crippen molar-refractivity contribution in [2.24, 2.45) is 0 Å². The summed E-state index contributed by atoms with van der Waals surface area (Å²) >= 11 is 0. The molecule has 0 spiro atoms. The number of benzene rings is 1. The van der Waals surface area contributed by atoms with Gasteiger partial charge in [-0.25, -0.2) is 0 Å². The van der Waals surface area contributed by atoms with Gasteiger partial charge in [0.25, 0.3) is 0 Å². The van der Waals surface area contributed by atoms with Gasteiger partial charge < -0.3 is 4.90 Å². The summed E-state index contributed by atoms with van der Waals surface area (Å²) in [7, 11) is 2.12. The summed E-state index contributed by atoms with van der Waals surface area (Å²) in [6.07, 6.45) is 7.68. The molecule has 0 saturated heterocycles. The molecular weight excluding hydrogens is 294 g/mol. The van der Waals surface area contributed by atoms with E-state index in [1.807, 2.05) is 12.4 Å². The van der Waals surface area contributed by atoms with Crippen molar-refractivity contribution in [2.45, 2.75) is 31.8 Å². The number of anilines is 2. The van der Waals surface area contributed by atoms with Gasteiger partial charge >= 0.3 is 0 Å². The summed E-state index contributed by atoms with van der Waals surface area (Å²) in [5, 5.41) is 0. The summed E-state index contributed by atoms with van der Waals surface area (Å²) in [4.78, 5) is 8.98. The van der Waals surface area contributed by atoms with E-state index in [4.69, 9.17) is 0 Å². The third kappa shape index (κ3) is 2.96. The van der Waals surface area contributed by atoms with E-state index in [2.05, 4.69) is 52.2 Å². The maximum atomic E-state index is 4.09. The number of rotatable bonds is 3. The van der Waals surface area contributed by atoms with E-state index in [0.717, 1.165) is 12.6 Å². The minimum atomic E-state index is 0. The summed E-state index contributed by atoms with van der Waals surface area (Å²) in [5.74, 6) is 0. The highest BCUT2D eigenvalue weighted by Crippen LogP contribution is 2.33. The first-order valence-electron chi connectivity index (χ1n) is 7.81. The molecule has 0 radical (unpaired) electrons. The van der Waals surface area contributed by atoms with E-state index in [0.29, 0.717) is 0 Å². The lowest BCUT2D eigenvalue weighted by molar-refractivity contribution is 0.244. The normalized spacial score (nSPS) is 17.5. The van der Waals surface area contributed by atoms with Crippen LogP contribution in [0.15, 0.2) is 42.7 Å². The molecule has 1 aromatic heterocycles. The Morgan fingerprint density at radius 3 is 2.55 bits per heavy atom. The van der Waals surface area contributed by atoms with E-state index in [1.54, 1.807) is 0 Å². The molecule has 2 aliphatic rings. The van der Waals surface area contributed by atoms with Crippen LogP contribution in [0.4, 0.5) is 11.4 Å². The number of hydrogen-bond acceptors (Lipinski definition) is 3. The first kappa shape index (κ1) is 15.3. The van der Waals surface area contributed by atoms with Crippen LogP contribution in [0.1, 0.15) is 24.0 Å². The van der Waals surface area contributed by atoms with Crippen LogP contribution in [0, 0.1) is 0 Å². The maximum Gasteiger partial charge on any atom is 0.0438 e. The van der Waals surface area contributed by atoms with Crippen LogP contribution in [0.25, 0.3) is 0 Å². The van der Waals surface area contributed by atoms with Crippen molar-refractivity contribution in [3.8, 4) is 0 Å². The van der Waals surface area contributed by atoms with Crippen LogP contribution >= 0.6 is 12.4 Å². The molecule has 3 nitrogen and oxygen atoms in total. The van der Waals surface area contributed by atoms with Crippen LogP contribution in [-0.2, 0) is 13.0 Å². The van der Waals surface area contributed by atoms with Crippen molar-refractivity contribution in [1.82, 2.24) is 9.88 Å². The van der Waals surface area contributed by atoms with Crippen molar-refractivity contribution < 1.29 is 0 Å². The van der Waals surface area contributed by atoms with Crippen LogP contribution in [0.3, 0.4) is 0 Å². The molecule has 0 atom stereocenters. The second kappa shape index (κ2) is 6.27. The zero-order chi connectivity index (χ0) is 14.2. The van der Waals surface area contributed by atoms with Crippen molar-refractivity contribution in [3.05, 3.63) is 53.9 Å². The summed E-state index contributed by atoms with van der Waals surface area (Å²) in [6, 6.07) is 11.9. The van der Waals surface area contributed by atoms with E-state index >= 15 is 0 Å². The average molecular weight is 316 g/mol. The number of pyridine rings is 1. The smallest absolute Gasteiger partial charge is 0.0438 e. The molecule has 1 aliphatic carbocycles. The topological polar surface area (TPSA) is 19.4 Å². The molecule has 1 aliphatic heterocycles. The zero-order valence-corrected chi connectivity index (χ0v) is 13.7. The van der Waals surface area contributed by atoms with Crippen molar-refractivity contribution >= 4 is 23.8 Å². The Kier molecular flexibility index (Phi) is 4.37. The highest BCUT2D eigenvalue weighted by atomic mass is 35.5. The van der Waals surface area contributed by atoms with Crippen LogP contribution in [0.2, 0.25) is 0 Å². The second-order valence-corrected chi connectivity index (χ2v) is 6.17. The van der Waals surface area contributed by atoms with Crippen LogP contribution in [0.5, 0.6) is 0 Å². The molecule has 0 amide bonds. The van der Waals surface area contributed by atoms with Gasteiger partial charge in [-0.1, -0.05) is 6.07 Å². The van der Waals surface area contributed by atoms with Gasteiger partial charge in [0.2, 0.25) is 0 Å². The number of halogens is 1. The molecule has 0 N–H and O–H groups in total. The fourth-order valence-electron chi connectivity index (χ4n) is 3.24. The third-order valence-electron chi connectivity index (χ3n) is 4.73. The number of nitrogens with zero attached hydrogens (tertiary/aromatic N) is 3. The Balaban J connectivity index is 0.00000144. The van der Waals surface area contributed by atoms with Gasteiger partial charge in [-0.05, 0) is 54.7 Å². The molecule has 2 heterocycles. The monoisotopic (exact) mass is 315 g/mol. The number of hydrogen-bond donors (Lipinski definition) is 0. The Morgan fingerprint density at radius 1 is 1.05 bits per heavy atom. The van der Waals surface area contributed by atoms with Crippen LogP contribution in [-0.4, -0.2) is 29.5 Å². The maximum absolute atomic E-state index is 4.09. The molecule has 1 saturated carbocycles. The minimum Gasteiger partial charge on any atom is -0.345 e. The second-order valence-electron chi connectivity index (χ2n) is 6.17. The molecular formula is C18H22ClN3. The molecule has 116 valence electrons. The van der Waals surface area contributed by atoms with Gasteiger partial charge in [0.05, 0.1) is 0 Å². The van der Waals surface area contributed by atoms with Gasteiger partial charge in [0.15, 0.2) is 0 Å². The fourth-order valence-corrected chi connectivity index (χ4v) is 3.24. The Labute approximate surface area is 138 Å². The molecule has 4 rings (SSSR count). The average Bonchev–Trinajstić information content (AvgIpc) is 3.39. The SMILES string of the molecule is CN(c1ccncc1)c1ccc2c(c1)CN(C1CC1)CC2.Cl. The van der Waals surface area contributed by atoms with Gasteiger partial charge in [-0.3, -0.25) is 9.88 Å². The Morgan fingerprint density at radius 2 is 1.82 bits per heavy atom. The highest BCUT2D eigenvalue weighted by Gasteiger charge is 2.31. The first-order chi connectivity index (χ1) is 10.3. The van der Waals surface area contributed by atoms with E-state index in [9.17, 15) is 0 Å². The molecule has 4 heteroatoms. The highest BCUT2D eigenvalue weighted by molar-refractivity contribution is 5.85. The minimum absolute atomic E-state index is 0. The Bertz CT molecular complexity index is 640. The predicted octanol–water partition coefficient (Wildman–Crippen LogP) is 3.79. The van der Waals surface area contributed by atoms with Gasteiger partial charge in [0, 0.05) is 49.9 Å². The summed E-state index contributed by atoms with van der Waals surface area (Å²) in [5.41, 5.74) is 5.47. The lowest BCUT2D eigenvalue weighted by Crippen LogP contribution is -2.32. The molecule has 1 fully saturated rings. The quantitative estimate of drug-likeness (QED) is 0.859. The number of fused-ring (bicyclic) bond motifs is 1. The van der Waals surface area contributed by atoms with Crippen LogP contribution < -0.4 is 4.90 Å². The molecule has 0 bridgehead atoms. The van der Waals surface area contributed by atoms with Gasteiger partial charge in [-0.15, -0.1) is 12.4 Å². The predicted molar refractivity (Wildman–Crippen MR) is 93.1 cm³/mol. The summed E-state index contributed by atoms with van der Waals surface area (Å²) in [6.45, 7) is 2.36. The fraction of sp³-hybridized carbons (Fsp3) is 0.389. The zero-order valence-electron chi connectivity index (χ0n) is 12.9. The molecule has 22 heavy (non-hydrogen) atoms. The lowest BCUT2D eigenvalue weighted by atomic mass is 9.98. The number of aromatic nitrogens is 1. The summed E-state index contributed by atoms with van der Waals surface area (Å²) < 4.78 is 0. The molecule has 2 aromatic rings. The lowest BCUT2D eigenvalue weighted by Gasteiger charge is -2.30. The standard InChI is InChI=1S/C18H21N3.ClH/c1-20(16-6-9-19-10-7-16)18-3-2-14-8-11-21(17-4-5-17)13-15(14)12-18;/h2-3,6-7,9-10,12,17H,4-5,8,11,13H2,1H3;1H. The molecule has 0 unspecified atom stereocenters. The van der Waals surface area contributed by atoms with E-state index in [1.165, 1.54) is 48.3 Å². The largest absolute Gasteiger partial charge is 0.345 e. The molecule has 1 aromatic carbocycles. The third-order valence-corrected chi connectivity index (χ3v) is 4.73. The van der Waals surface area contributed by atoms with Crippen molar-refractivity contribution in [2.75, 3.05) is 18.5 Å². The van der Waals surface area contributed by atoms with Crippen molar-refractivity contribution in [3.63, 3.8) is 0 Å². The first-order valence-corrected chi connectivity index (χ1v) is 7.81. The van der Waals surface area contributed by atoms with E-state index in [-0.39, 0.29) is 12.4 Å². The van der Waals surface area contributed by atoms with E-state index < -0.39 is 0 Å². The Hall–Kier alpha value is -1.58.